The molecule has 1 atom stereocenters. The first kappa shape index (κ1) is 15.8. The second kappa shape index (κ2) is 6.97. The van der Waals surface area contributed by atoms with Crippen LogP contribution in [0.15, 0.2) is 78.9 Å². The van der Waals surface area contributed by atoms with Gasteiger partial charge in [0, 0.05) is 0 Å². The van der Waals surface area contributed by atoms with Gasteiger partial charge in [-0.25, -0.2) is 0 Å². The first-order valence-electron chi connectivity index (χ1n) is 8.21. The Bertz CT molecular complexity index is 723. The highest BCUT2D eigenvalue weighted by molar-refractivity contribution is 6.86. The fourth-order valence-corrected chi connectivity index (χ4v) is 6.44. The lowest BCUT2D eigenvalue weighted by Crippen LogP contribution is -2.46. The van der Waals surface area contributed by atoms with Crippen molar-refractivity contribution in [3.8, 4) is 0 Å². The molecule has 0 saturated carbocycles. The zero-order valence-corrected chi connectivity index (χ0v) is 15.1. The van der Waals surface area contributed by atoms with Crippen LogP contribution in [-0.2, 0) is 0 Å². The van der Waals surface area contributed by atoms with Crippen molar-refractivity contribution in [1.29, 1.82) is 0 Å². The van der Waals surface area contributed by atoms with Gasteiger partial charge in [-0.3, -0.25) is 0 Å². The normalized spacial score (nSPS) is 12.3. The Balaban J connectivity index is 2.08. The van der Waals surface area contributed by atoms with Gasteiger partial charge in [0.25, 0.3) is 0 Å². The van der Waals surface area contributed by atoms with Crippen molar-refractivity contribution in [2.24, 2.45) is 0 Å². The van der Waals surface area contributed by atoms with Gasteiger partial charge in [0.05, 0.1) is 0 Å². The highest BCUT2D eigenvalue weighted by atomic mass is 28.3. The molecule has 1 heteroatoms. The molecule has 1 radical (unpaired) electrons. The molecule has 0 bridgehead atoms. The molecule has 0 amide bonds. The van der Waals surface area contributed by atoms with Crippen LogP contribution in [0.4, 0.5) is 0 Å². The van der Waals surface area contributed by atoms with E-state index in [0.29, 0.717) is 5.54 Å². The van der Waals surface area contributed by atoms with Gasteiger partial charge in [0.15, 0.2) is 0 Å². The molecule has 0 aliphatic heterocycles. The van der Waals surface area contributed by atoms with Crippen LogP contribution in [0.25, 0.3) is 0 Å². The Hall–Kier alpha value is -2.12. The van der Waals surface area contributed by atoms with Gasteiger partial charge >= 0.3 is 0 Å². The minimum absolute atomic E-state index is 0.533. The number of aryl methyl sites for hydroxylation is 2. The number of benzene rings is 3. The van der Waals surface area contributed by atoms with E-state index >= 15 is 0 Å². The first-order valence-corrected chi connectivity index (χ1v) is 9.79. The first-order chi connectivity index (χ1) is 11.2. The van der Waals surface area contributed by atoms with Crippen molar-refractivity contribution in [3.05, 3.63) is 95.6 Å². The SMILES string of the molecule is Cc1ccc([C@@H](C)[Si](c2ccccc2)c2ccccc2)c(C)c1. The lowest BCUT2D eigenvalue weighted by Gasteiger charge is -2.25. The predicted octanol–water partition coefficient (Wildman–Crippen LogP) is 4.26. The molecule has 3 rings (SSSR count). The molecule has 0 nitrogen and oxygen atoms in total. The third kappa shape index (κ3) is 3.46. The summed E-state index contributed by atoms with van der Waals surface area (Å²) < 4.78 is 0. The summed E-state index contributed by atoms with van der Waals surface area (Å²) in [6.07, 6.45) is 0. The van der Waals surface area contributed by atoms with E-state index in [1.165, 1.54) is 27.1 Å². The summed E-state index contributed by atoms with van der Waals surface area (Å²) in [5.41, 5.74) is 4.76. The third-order valence-corrected chi connectivity index (χ3v) is 7.58. The summed E-state index contributed by atoms with van der Waals surface area (Å²) in [6, 6.07) is 28.9. The van der Waals surface area contributed by atoms with E-state index in [9.17, 15) is 0 Å². The van der Waals surface area contributed by atoms with Crippen molar-refractivity contribution in [3.63, 3.8) is 0 Å². The van der Waals surface area contributed by atoms with Crippen LogP contribution in [0.5, 0.6) is 0 Å². The maximum Gasteiger partial charge on any atom is 0.128 e. The Labute approximate surface area is 141 Å². The second-order valence-corrected chi connectivity index (χ2v) is 9.08. The summed E-state index contributed by atoms with van der Waals surface area (Å²) in [7, 11) is -0.865. The van der Waals surface area contributed by atoms with Gasteiger partial charge < -0.3 is 0 Å². The topological polar surface area (TPSA) is 0 Å². The molecule has 0 aliphatic carbocycles. The monoisotopic (exact) mass is 315 g/mol. The molecule has 0 saturated heterocycles. The van der Waals surface area contributed by atoms with Crippen molar-refractivity contribution in [2.75, 3.05) is 0 Å². The van der Waals surface area contributed by atoms with Crippen molar-refractivity contribution in [2.45, 2.75) is 26.3 Å². The maximum atomic E-state index is 2.39. The summed E-state index contributed by atoms with van der Waals surface area (Å²) in [6.45, 7) is 6.81. The molecule has 0 unspecified atom stereocenters. The molecule has 0 N–H and O–H groups in total. The molecule has 3 aromatic carbocycles. The zero-order chi connectivity index (χ0) is 16.2. The molecule has 0 aliphatic rings. The molecule has 0 heterocycles. The molecule has 115 valence electrons. The standard InChI is InChI=1S/C22H23Si/c1-17-14-15-22(18(2)16-17)19(3)23(20-10-6-4-7-11-20)21-12-8-5-9-13-21/h4-16,19H,1-3H3/t19-/m1/s1. The maximum absolute atomic E-state index is 2.39. The zero-order valence-electron chi connectivity index (χ0n) is 14.1. The van der Waals surface area contributed by atoms with Crippen LogP contribution in [0, 0.1) is 13.8 Å². The summed E-state index contributed by atoms with van der Waals surface area (Å²) >= 11 is 0. The Morgan fingerprint density at radius 2 is 1.22 bits per heavy atom. The van der Waals surface area contributed by atoms with Crippen molar-refractivity contribution >= 4 is 19.2 Å². The fourth-order valence-electron chi connectivity index (χ4n) is 3.37. The fraction of sp³-hybridized carbons (Fsp3) is 0.182. The Kier molecular flexibility index (Phi) is 4.78. The number of hydrogen-bond donors (Lipinski definition) is 0. The molecule has 23 heavy (non-hydrogen) atoms. The van der Waals surface area contributed by atoms with E-state index in [1.807, 2.05) is 0 Å². The Morgan fingerprint density at radius 1 is 0.696 bits per heavy atom. The van der Waals surface area contributed by atoms with Gasteiger partial charge in [-0.1, -0.05) is 102 Å². The average Bonchev–Trinajstić information content (AvgIpc) is 2.57. The summed E-state index contributed by atoms with van der Waals surface area (Å²) in [5.74, 6) is 0. The van der Waals surface area contributed by atoms with E-state index in [4.69, 9.17) is 0 Å². The quantitative estimate of drug-likeness (QED) is 0.631. The van der Waals surface area contributed by atoms with Crippen molar-refractivity contribution in [1.82, 2.24) is 0 Å². The summed E-state index contributed by atoms with van der Waals surface area (Å²) in [5, 5.41) is 2.97. The van der Waals surface area contributed by atoms with E-state index in [0.717, 1.165) is 0 Å². The lowest BCUT2D eigenvalue weighted by atomic mass is 10.0. The molecule has 0 fully saturated rings. The van der Waals surface area contributed by atoms with Gasteiger partial charge in [0.1, 0.15) is 8.80 Å². The van der Waals surface area contributed by atoms with Crippen LogP contribution in [0.1, 0.15) is 29.2 Å². The minimum atomic E-state index is -0.865. The second-order valence-electron chi connectivity index (χ2n) is 6.23. The van der Waals surface area contributed by atoms with E-state index in [-0.39, 0.29) is 0 Å². The van der Waals surface area contributed by atoms with Crippen LogP contribution >= 0.6 is 0 Å². The van der Waals surface area contributed by atoms with Gasteiger partial charge in [-0.15, -0.1) is 0 Å². The van der Waals surface area contributed by atoms with E-state index < -0.39 is 8.80 Å². The third-order valence-electron chi connectivity index (χ3n) is 4.49. The Morgan fingerprint density at radius 3 is 1.70 bits per heavy atom. The number of hydrogen-bond acceptors (Lipinski definition) is 0. The molecular weight excluding hydrogens is 292 g/mol. The minimum Gasteiger partial charge on any atom is -0.0628 e. The predicted molar refractivity (Wildman–Crippen MR) is 102 cm³/mol. The van der Waals surface area contributed by atoms with Crippen LogP contribution in [0.2, 0.25) is 0 Å². The average molecular weight is 316 g/mol. The van der Waals surface area contributed by atoms with E-state index in [2.05, 4.69) is 99.6 Å². The molecule has 3 aromatic rings. The van der Waals surface area contributed by atoms with Gasteiger partial charge in [0.2, 0.25) is 0 Å². The van der Waals surface area contributed by atoms with Gasteiger partial charge in [-0.05, 0) is 30.5 Å². The number of rotatable bonds is 4. The largest absolute Gasteiger partial charge is 0.128 e. The lowest BCUT2D eigenvalue weighted by molar-refractivity contribution is 1.03. The molecule has 0 aromatic heterocycles. The molecule has 0 spiro atoms. The highest BCUT2D eigenvalue weighted by Gasteiger charge is 2.26. The van der Waals surface area contributed by atoms with E-state index in [1.54, 1.807) is 0 Å². The van der Waals surface area contributed by atoms with Crippen molar-refractivity contribution < 1.29 is 0 Å². The highest BCUT2D eigenvalue weighted by Crippen LogP contribution is 2.23. The van der Waals surface area contributed by atoms with Crippen LogP contribution < -0.4 is 10.4 Å². The summed E-state index contributed by atoms with van der Waals surface area (Å²) in [4.78, 5) is 0. The molecular formula is C22H23Si. The van der Waals surface area contributed by atoms with Gasteiger partial charge in [-0.2, -0.15) is 0 Å². The smallest absolute Gasteiger partial charge is 0.0628 e. The van der Waals surface area contributed by atoms with Crippen LogP contribution in [-0.4, -0.2) is 8.80 Å². The van der Waals surface area contributed by atoms with Crippen LogP contribution in [0.3, 0.4) is 0 Å².